The molecule has 134 valence electrons. The molecule has 1 saturated heterocycles. The van der Waals surface area contributed by atoms with Gasteiger partial charge in [0.25, 0.3) is 0 Å². The van der Waals surface area contributed by atoms with Gasteiger partial charge in [-0.2, -0.15) is 4.31 Å². The first-order chi connectivity index (χ1) is 12.0. The molecule has 0 aliphatic carbocycles. The second-order valence-electron chi connectivity index (χ2n) is 5.82. The third-order valence-electron chi connectivity index (χ3n) is 3.97. The van der Waals surface area contributed by atoms with Crippen molar-refractivity contribution in [2.24, 2.45) is 0 Å². The van der Waals surface area contributed by atoms with Gasteiger partial charge in [-0.05, 0) is 23.8 Å². The number of rotatable bonds is 6. The Hall–Kier alpha value is -1.60. The van der Waals surface area contributed by atoms with E-state index in [0.29, 0.717) is 30.3 Å². The van der Waals surface area contributed by atoms with Gasteiger partial charge in [0.15, 0.2) is 0 Å². The summed E-state index contributed by atoms with van der Waals surface area (Å²) in [7, 11) is -3.46. The van der Waals surface area contributed by atoms with Crippen LogP contribution in [0.2, 0.25) is 5.02 Å². The molecule has 5 nitrogen and oxygen atoms in total. The van der Waals surface area contributed by atoms with Gasteiger partial charge in [-0.3, -0.25) is 0 Å². The Morgan fingerprint density at radius 2 is 1.84 bits per heavy atom. The van der Waals surface area contributed by atoms with Gasteiger partial charge < -0.3 is 9.47 Å². The maximum atomic E-state index is 12.7. The van der Waals surface area contributed by atoms with E-state index in [1.165, 1.54) is 4.31 Å². The Balaban J connectivity index is 1.61. The monoisotopic (exact) mass is 381 g/mol. The quantitative estimate of drug-likeness (QED) is 0.772. The third kappa shape index (κ3) is 4.95. The minimum Gasteiger partial charge on any atom is -0.491 e. The van der Waals surface area contributed by atoms with Gasteiger partial charge >= 0.3 is 0 Å². The Kier molecular flexibility index (Phi) is 5.96. The van der Waals surface area contributed by atoms with Crippen molar-refractivity contribution < 1.29 is 17.9 Å². The lowest BCUT2D eigenvalue weighted by molar-refractivity contribution is -0.0249. The molecule has 7 heteroatoms. The van der Waals surface area contributed by atoms with Gasteiger partial charge in [0.2, 0.25) is 10.0 Å². The number of halogens is 1. The topological polar surface area (TPSA) is 55.8 Å². The highest BCUT2D eigenvalue weighted by atomic mass is 35.5. The van der Waals surface area contributed by atoms with Crippen molar-refractivity contribution >= 4 is 21.6 Å². The smallest absolute Gasteiger partial charge is 0.218 e. The summed E-state index contributed by atoms with van der Waals surface area (Å²) in [6, 6.07) is 16.4. The fourth-order valence-electron chi connectivity index (χ4n) is 2.65. The Labute approximate surface area is 153 Å². The molecule has 1 atom stereocenters. The summed E-state index contributed by atoms with van der Waals surface area (Å²) in [5.74, 6) is 0.626. The normalized spacial score (nSPS) is 18.8. The van der Waals surface area contributed by atoms with E-state index in [0.717, 1.165) is 5.75 Å². The number of para-hydroxylation sites is 1. The highest BCUT2D eigenvalue weighted by Gasteiger charge is 2.30. The van der Waals surface area contributed by atoms with E-state index in [1.54, 1.807) is 24.3 Å². The van der Waals surface area contributed by atoms with Gasteiger partial charge in [0, 0.05) is 18.1 Å². The lowest BCUT2D eigenvalue weighted by Gasteiger charge is -2.32. The number of nitrogens with zero attached hydrogens (tertiary/aromatic N) is 1. The molecular formula is C18H20ClNO4S. The summed E-state index contributed by atoms with van der Waals surface area (Å²) >= 11 is 6.09. The van der Waals surface area contributed by atoms with Crippen LogP contribution in [-0.2, 0) is 20.5 Å². The van der Waals surface area contributed by atoms with Crippen LogP contribution in [0.25, 0.3) is 0 Å². The number of hydrogen-bond acceptors (Lipinski definition) is 4. The molecule has 0 amide bonds. The van der Waals surface area contributed by atoms with Crippen LogP contribution in [0.3, 0.4) is 0 Å². The van der Waals surface area contributed by atoms with Crippen molar-refractivity contribution in [3.05, 3.63) is 65.2 Å². The second kappa shape index (κ2) is 8.19. The zero-order valence-corrected chi connectivity index (χ0v) is 15.2. The van der Waals surface area contributed by atoms with E-state index in [4.69, 9.17) is 21.1 Å². The lowest BCUT2D eigenvalue weighted by Crippen LogP contribution is -2.47. The minimum atomic E-state index is -3.46. The summed E-state index contributed by atoms with van der Waals surface area (Å²) < 4.78 is 38.2. The molecule has 0 unspecified atom stereocenters. The summed E-state index contributed by atoms with van der Waals surface area (Å²) in [5.41, 5.74) is 0.604. The van der Waals surface area contributed by atoms with Gasteiger partial charge in [0.1, 0.15) is 18.5 Å². The molecule has 25 heavy (non-hydrogen) atoms. The van der Waals surface area contributed by atoms with E-state index in [9.17, 15) is 8.42 Å². The number of ether oxygens (including phenoxy) is 2. The zero-order valence-electron chi connectivity index (χ0n) is 13.7. The number of morpholine rings is 1. The fraction of sp³-hybridized carbons (Fsp3) is 0.333. The average molecular weight is 382 g/mol. The number of sulfonamides is 1. The summed E-state index contributed by atoms with van der Waals surface area (Å²) in [5, 5.41) is 0.461. The van der Waals surface area contributed by atoms with Crippen LogP contribution in [0.15, 0.2) is 54.6 Å². The first-order valence-electron chi connectivity index (χ1n) is 8.05. The van der Waals surface area contributed by atoms with Crippen LogP contribution < -0.4 is 4.74 Å². The summed E-state index contributed by atoms with van der Waals surface area (Å²) in [6.45, 7) is 1.28. The molecule has 0 radical (unpaired) electrons. The Morgan fingerprint density at radius 3 is 2.60 bits per heavy atom. The van der Waals surface area contributed by atoms with Crippen LogP contribution in [0, 0.1) is 0 Å². The van der Waals surface area contributed by atoms with Crippen molar-refractivity contribution in [1.82, 2.24) is 4.31 Å². The van der Waals surface area contributed by atoms with E-state index >= 15 is 0 Å². The maximum Gasteiger partial charge on any atom is 0.218 e. The first-order valence-corrected chi connectivity index (χ1v) is 10.0. The molecule has 1 aliphatic rings. The molecule has 1 aliphatic heterocycles. The Morgan fingerprint density at radius 1 is 1.12 bits per heavy atom. The SMILES string of the molecule is O=S(=O)(Cc1ccccc1Cl)N1CCO[C@H](COc2ccccc2)C1. The van der Waals surface area contributed by atoms with Crippen LogP contribution in [0.5, 0.6) is 5.75 Å². The van der Waals surface area contributed by atoms with Gasteiger partial charge in [-0.15, -0.1) is 0 Å². The van der Waals surface area contributed by atoms with Crippen molar-refractivity contribution in [2.45, 2.75) is 11.9 Å². The van der Waals surface area contributed by atoms with Crippen LogP contribution in [0.4, 0.5) is 0 Å². The molecule has 2 aromatic rings. The molecule has 3 rings (SSSR count). The molecule has 0 bridgehead atoms. The maximum absolute atomic E-state index is 12.7. The standard InChI is InChI=1S/C18H20ClNO4S/c19-18-9-5-4-6-15(18)14-25(21,22)20-10-11-23-17(12-20)13-24-16-7-2-1-3-8-16/h1-9,17H,10-14H2/t17-/m0/s1. The predicted molar refractivity (Wildman–Crippen MR) is 97.3 cm³/mol. The molecule has 0 N–H and O–H groups in total. The van der Waals surface area contributed by atoms with Crippen molar-refractivity contribution in [3.63, 3.8) is 0 Å². The molecular weight excluding hydrogens is 362 g/mol. The van der Waals surface area contributed by atoms with E-state index in [-0.39, 0.29) is 18.4 Å². The minimum absolute atomic E-state index is 0.112. The number of benzene rings is 2. The van der Waals surface area contributed by atoms with Gasteiger partial charge in [-0.1, -0.05) is 48.0 Å². The third-order valence-corrected chi connectivity index (χ3v) is 6.13. The molecule has 1 heterocycles. The highest BCUT2D eigenvalue weighted by molar-refractivity contribution is 7.88. The zero-order chi connectivity index (χ0) is 17.7. The molecule has 1 fully saturated rings. The van der Waals surface area contributed by atoms with Gasteiger partial charge in [-0.25, -0.2) is 8.42 Å². The molecule has 0 aromatic heterocycles. The number of hydrogen-bond donors (Lipinski definition) is 0. The second-order valence-corrected chi connectivity index (χ2v) is 8.20. The van der Waals surface area contributed by atoms with E-state index in [2.05, 4.69) is 0 Å². The molecule has 0 saturated carbocycles. The van der Waals surface area contributed by atoms with Crippen LogP contribution in [0.1, 0.15) is 5.56 Å². The summed E-state index contributed by atoms with van der Waals surface area (Å²) in [6.07, 6.45) is -0.296. The van der Waals surface area contributed by atoms with Crippen molar-refractivity contribution in [3.8, 4) is 5.75 Å². The van der Waals surface area contributed by atoms with Crippen molar-refractivity contribution in [1.29, 1.82) is 0 Å². The van der Waals surface area contributed by atoms with Gasteiger partial charge in [0.05, 0.1) is 12.4 Å². The van der Waals surface area contributed by atoms with Crippen molar-refractivity contribution in [2.75, 3.05) is 26.3 Å². The lowest BCUT2D eigenvalue weighted by atomic mass is 10.2. The molecule has 0 spiro atoms. The van der Waals surface area contributed by atoms with E-state index in [1.807, 2.05) is 30.3 Å². The predicted octanol–water partition coefficient (Wildman–Crippen LogP) is 2.95. The highest BCUT2D eigenvalue weighted by Crippen LogP contribution is 2.21. The van der Waals surface area contributed by atoms with Crippen LogP contribution in [-0.4, -0.2) is 45.1 Å². The Bertz CT molecular complexity index is 798. The molecule has 2 aromatic carbocycles. The largest absolute Gasteiger partial charge is 0.491 e. The van der Waals surface area contributed by atoms with Crippen LogP contribution >= 0.6 is 11.6 Å². The average Bonchev–Trinajstić information content (AvgIpc) is 2.63. The fourth-order valence-corrected chi connectivity index (χ4v) is 4.51. The first kappa shape index (κ1) is 18.2. The summed E-state index contributed by atoms with van der Waals surface area (Å²) in [4.78, 5) is 0. The van der Waals surface area contributed by atoms with E-state index < -0.39 is 10.0 Å².